The average molecular weight is 724 g/mol. The number of rotatable bonds is 1. The Labute approximate surface area is 322 Å². The average Bonchev–Trinajstić information content (AvgIpc) is 3.87. The molecule has 3 aliphatic rings. The van der Waals surface area contributed by atoms with Gasteiger partial charge in [-0.3, -0.25) is 0 Å². The van der Waals surface area contributed by atoms with Crippen LogP contribution in [0.25, 0.3) is 59.5 Å². The molecular formula is C49H34BN3OS. The molecule has 7 aromatic carbocycles. The molecule has 0 saturated heterocycles. The Hall–Kier alpha value is -6.24. The number of hydrogen-bond donors (Lipinski definition) is 0. The molecule has 0 unspecified atom stereocenters. The second-order valence-electron chi connectivity index (χ2n) is 16.6. The summed E-state index contributed by atoms with van der Waals surface area (Å²) in [6, 6.07) is 50.0. The molecule has 6 heteroatoms. The van der Waals surface area contributed by atoms with Gasteiger partial charge in [0.2, 0.25) is 0 Å². The summed E-state index contributed by atoms with van der Waals surface area (Å²) in [5.74, 6) is 0. The van der Waals surface area contributed by atoms with Gasteiger partial charge in [0.05, 0.1) is 33.8 Å². The van der Waals surface area contributed by atoms with Gasteiger partial charge in [-0.1, -0.05) is 87.5 Å². The fourth-order valence-electron chi connectivity index (χ4n) is 10.1. The molecule has 6 heterocycles. The number of hydrogen-bond acceptors (Lipinski definition) is 4. The first-order chi connectivity index (χ1) is 26.8. The van der Waals surface area contributed by atoms with Crippen molar-refractivity contribution < 1.29 is 4.42 Å². The van der Waals surface area contributed by atoms with E-state index in [1.165, 1.54) is 92.8 Å². The Morgan fingerprint density at radius 3 is 2.20 bits per heavy atom. The number of aromatic nitrogens is 1. The van der Waals surface area contributed by atoms with Gasteiger partial charge in [-0.25, -0.2) is 0 Å². The van der Waals surface area contributed by atoms with E-state index in [1.54, 1.807) is 0 Å². The van der Waals surface area contributed by atoms with Crippen LogP contribution in [-0.4, -0.2) is 11.3 Å². The molecule has 3 aliphatic heterocycles. The maximum absolute atomic E-state index is 6.55. The molecule has 0 radical (unpaired) electrons. The lowest BCUT2D eigenvalue weighted by Gasteiger charge is -2.45. The smallest absolute Gasteiger partial charge is 0.264 e. The molecule has 3 aromatic heterocycles. The molecule has 0 fully saturated rings. The third-order valence-corrected chi connectivity index (χ3v) is 13.7. The van der Waals surface area contributed by atoms with Crippen molar-refractivity contribution in [3.05, 3.63) is 145 Å². The van der Waals surface area contributed by atoms with Crippen molar-refractivity contribution in [2.45, 2.75) is 33.1 Å². The molecule has 10 aromatic rings. The lowest BCUT2D eigenvalue weighted by molar-refractivity contribution is 0.591. The van der Waals surface area contributed by atoms with Gasteiger partial charge < -0.3 is 18.8 Å². The highest BCUT2D eigenvalue weighted by atomic mass is 32.1. The van der Waals surface area contributed by atoms with Gasteiger partial charge >= 0.3 is 0 Å². The molecular weight excluding hydrogens is 689 g/mol. The molecule has 4 nitrogen and oxygen atoms in total. The molecule has 0 aliphatic carbocycles. The minimum Gasteiger partial charge on any atom is -0.456 e. The van der Waals surface area contributed by atoms with Crippen molar-refractivity contribution in [1.82, 2.24) is 4.57 Å². The van der Waals surface area contributed by atoms with Gasteiger partial charge in [0.15, 0.2) is 0 Å². The van der Waals surface area contributed by atoms with Crippen molar-refractivity contribution in [2.24, 2.45) is 0 Å². The van der Waals surface area contributed by atoms with Crippen LogP contribution in [0.5, 0.6) is 0 Å². The predicted molar refractivity (Wildman–Crippen MR) is 234 cm³/mol. The zero-order valence-corrected chi connectivity index (χ0v) is 31.8. The summed E-state index contributed by atoms with van der Waals surface area (Å²) in [6.45, 7) is 9.27. The van der Waals surface area contributed by atoms with Crippen LogP contribution in [0, 0.1) is 6.92 Å². The van der Waals surface area contributed by atoms with Gasteiger partial charge in [-0.15, -0.1) is 11.3 Å². The molecule has 0 bridgehead atoms. The van der Waals surface area contributed by atoms with E-state index in [1.807, 2.05) is 11.3 Å². The molecule has 0 N–H and O–H groups in total. The van der Waals surface area contributed by atoms with Crippen LogP contribution in [0.2, 0.25) is 0 Å². The minimum absolute atomic E-state index is 0.0134. The lowest BCUT2D eigenvalue weighted by atomic mass is 9.36. The zero-order chi connectivity index (χ0) is 36.5. The van der Waals surface area contributed by atoms with E-state index in [0.717, 1.165) is 27.6 Å². The number of benzene rings is 7. The SMILES string of the molecule is Cc1cc2c3c(c1)N1c4c(cccc4-n4c5ccccc5c5cccc1c54)B3c1sc3ccc(C(C)(C)C)cc3c1N2c1ccc2c(c1)oc1ccccc12. The Bertz CT molecular complexity index is 3360. The van der Waals surface area contributed by atoms with Gasteiger partial charge in [0.25, 0.3) is 6.71 Å². The van der Waals surface area contributed by atoms with Crippen LogP contribution in [0.4, 0.5) is 34.1 Å². The first kappa shape index (κ1) is 30.1. The van der Waals surface area contributed by atoms with Crippen molar-refractivity contribution in [3.63, 3.8) is 0 Å². The van der Waals surface area contributed by atoms with E-state index in [0.29, 0.717) is 0 Å². The Kier molecular flexibility index (Phi) is 5.53. The minimum atomic E-state index is 0.0134. The first-order valence-corrected chi connectivity index (χ1v) is 20.0. The number of anilines is 6. The summed E-state index contributed by atoms with van der Waals surface area (Å²) in [5.41, 5.74) is 18.3. The number of thiophene rings is 1. The quantitative estimate of drug-likeness (QED) is 0.158. The molecule has 0 spiro atoms. The van der Waals surface area contributed by atoms with E-state index >= 15 is 0 Å². The van der Waals surface area contributed by atoms with Crippen LogP contribution < -0.4 is 25.5 Å². The highest BCUT2D eigenvalue weighted by molar-refractivity contribution is 7.33. The van der Waals surface area contributed by atoms with Gasteiger partial charge in [-0.05, 0) is 95.1 Å². The largest absolute Gasteiger partial charge is 0.456 e. The summed E-state index contributed by atoms with van der Waals surface area (Å²) in [5, 5.41) is 6.17. The summed E-state index contributed by atoms with van der Waals surface area (Å²) in [6.07, 6.45) is 0. The van der Waals surface area contributed by atoms with Crippen molar-refractivity contribution in [1.29, 1.82) is 0 Å². The summed E-state index contributed by atoms with van der Waals surface area (Å²) in [7, 11) is 0. The normalized spacial score (nSPS) is 14.1. The summed E-state index contributed by atoms with van der Waals surface area (Å²) >= 11 is 1.96. The molecule has 0 atom stereocenters. The van der Waals surface area contributed by atoms with E-state index in [9.17, 15) is 0 Å². The Morgan fingerprint density at radius 1 is 0.582 bits per heavy atom. The summed E-state index contributed by atoms with van der Waals surface area (Å²) < 4.78 is 11.8. The second kappa shape index (κ2) is 10.1. The Morgan fingerprint density at radius 2 is 1.33 bits per heavy atom. The number of para-hydroxylation sites is 4. The van der Waals surface area contributed by atoms with E-state index < -0.39 is 0 Å². The monoisotopic (exact) mass is 723 g/mol. The van der Waals surface area contributed by atoms with E-state index in [-0.39, 0.29) is 12.1 Å². The van der Waals surface area contributed by atoms with Crippen molar-refractivity contribution in [3.8, 4) is 5.69 Å². The second-order valence-corrected chi connectivity index (χ2v) is 17.7. The fraction of sp³-hybridized carbons (Fsp3) is 0.102. The highest BCUT2D eigenvalue weighted by Gasteiger charge is 2.47. The van der Waals surface area contributed by atoms with Crippen LogP contribution >= 0.6 is 11.3 Å². The van der Waals surface area contributed by atoms with Crippen LogP contribution in [-0.2, 0) is 5.41 Å². The van der Waals surface area contributed by atoms with Gasteiger partial charge in [0, 0.05) is 59.5 Å². The fourth-order valence-corrected chi connectivity index (χ4v) is 11.4. The zero-order valence-electron chi connectivity index (χ0n) is 30.9. The van der Waals surface area contributed by atoms with Gasteiger partial charge in [-0.2, -0.15) is 0 Å². The third kappa shape index (κ3) is 3.73. The van der Waals surface area contributed by atoms with Crippen LogP contribution in [0.1, 0.15) is 31.9 Å². The molecule has 0 saturated carbocycles. The number of aryl methyl sites for hydroxylation is 1. The number of nitrogens with zero attached hydrogens (tertiary/aromatic N) is 3. The topological polar surface area (TPSA) is 24.6 Å². The molecule has 260 valence electrons. The highest BCUT2D eigenvalue weighted by Crippen LogP contribution is 2.54. The van der Waals surface area contributed by atoms with Crippen molar-refractivity contribution in [2.75, 3.05) is 9.80 Å². The molecule has 55 heavy (non-hydrogen) atoms. The lowest BCUT2D eigenvalue weighted by Crippen LogP contribution is -2.61. The van der Waals surface area contributed by atoms with Crippen molar-refractivity contribution >= 4 is 122 Å². The van der Waals surface area contributed by atoms with Crippen LogP contribution in [0.3, 0.4) is 0 Å². The molecule has 13 rings (SSSR count). The van der Waals surface area contributed by atoms with E-state index in [2.05, 4.69) is 176 Å². The predicted octanol–water partition coefficient (Wildman–Crippen LogP) is 11.9. The number of furan rings is 1. The standard InChI is InChI=1S/C49H34BN3OS/c1-27-23-39-44-40(24-27)53-37-16-9-13-33-30-11-5-7-15-36(30)52(45(33)37)38-17-10-14-35(47(38)53)50(44)48-46(34-25-28(49(2,3)4)19-22-43(34)55-48)51(39)29-20-21-32-31-12-6-8-18-41(31)54-42(32)26-29/h5-26H,1-4H3. The van der Waals surface area contributed by atoms with Gasteiger partial charge in [0.1, 0.15) is 11.2 Å². The maximum Gasteiger partial charge on any atom is 0.264 e. The maximum atomic E-state index is 6.55. The molecule has 0 amide bonds. The van der Waals surface area contributed by atoms with E-state index in [4.69, 9.17) is 4.42 Å². The third-order valence-electron chi connectivity index (χ3n) is 12.4. The first-order valence-electron chi connectivity index (χ1n) is 19.2. The van der Waals surface area contributed by atoms with Crippen LogP contribution in [0.15, 0.2) is 138 Å². The summed E-state index contributed by atoms with van der Waals surface area (Å²) in [4.78, 5) is 5.15. The Balaban J connectivity index is 1.17. The number of fused-ring (bicyclic) bond motifs is 14.